The molecule has 0 bridgehead atoms. The molecule has 7 heteroatoms. The number of fused-ring (bicyclic) bond motifs is 1. The Labute approximate surface area is 145 Å². The molecule has 1 aromatic carbocycles. The van der Waals surface area contributed by atoms with Crippen molar-refractivity contribution in [3.8, 4) is 0 Å². The lowest BCUT2D eigenvalue weighted by atomic mass is 9.96. The molecule has 3 amide bonds. The van der Waals surface area contributed by atoms with Gasteiger partial charge in [0.1, 0.15) is 0 Å². The van der Waals surface area contributed by atoms with E-state index in [1.165, 1.54) is 12.1 Å². The SMILES string of the molecule is CC(C)C(=O)N1CCC(C(=O)ON2C(=O)c3ccccc3C2=O)CC1. The zero-order valence-corrected chi connectivity index (χ0v) is 14.2. The number of likely N-dealkylation sites (tertiary alicyclic amines) is 1. The predicted molar refractivity (Wildman–Crippen MR) is 87.2 cm³/mol. The summed E-state index contributed by atoms with van der Waals surface area (Å²) in [6.07, 6.45) is 0.918. The van der Waals surface area contributed by atoms with E-state index in [0.29, 0.717) is 31.0 Å². The molecule has 1 saturated heterocycles. The molecule has 0 spiro atoms. The number of piperidine rings is 1. The normalized spacial score (nSPS) is 17.9. The molecular weight excluding hydrogens is 324 g/mol. The Hall–Kier alpha value is -2.70. The average Bonchev–Trinajstić information content (AvgIpc) is 2.86. The molecule has 7 nitrogen and oxygen atoms in total. The monoisotopic (exact) mass is 344 g/mol. The lowest BCUT2D eigenvalue weighted by Crippen LogP contribution is -2.43. The largest absolute Gasteiger partial charge is 0.342 e. The van der Waals surface area contributed by atoms with Crippen molar-refractivity contribution in [2.45, 2.75) is 26.7 Å². The molecule has 1 fully saturated rings. The summed E-state index contributed by atoms with van der Waals surface area (Å²) in [6, 6.07) is 6.35. The molecule has 2 heterocycles. The maximum absolute atomic E-state index is 12.3. The number of nitrogens with zero attached hydrogens (tertiary/aromatic N) is 2. The van der Waals surface area contributed by atoms with Gasteiger partial charge in [-0.05, 0) is 25.0 Å². The molecule has 0 saturated carbocycles. The van der Waals surface area contributed by atoms with Crippen molar-refractivity contribution in [3.63, 3.8) is 0 Å². The van der Waals surface area contributed by atoms with Crippen molar-refractivity contribution in [1.29, 1.82) is 0 Å². The van der Waals surface area contributed by atoms with Crippen LogP contribution in [0.1, 0.15) is 47.4 Å². The molecular formula is C18H20N2O5. The summed E-state index contributed by atoms with van der Waals surface area (Å²) in [6.45, 7) is 4.62. The highest BCUT2D eigenvalue weighted by Crippen LogP contribution is 2.25. The van der Waals surface area contributed by atoms with Crippen LogP contribution in [0.25, 0.3) is 0 Å². The second-order valence-electron chi connectivity index (χ2n) is 6.61. The molecule has 2 aliphatic rings. The molecule has 25 heavy (non-hydrogen) atoms. The molecule has 3 rings (SSSR count). The van der Waals surface area contributed by atoms with E-state index in [0.717, 1.165) is 0 Å². The molecule has 2 aliphatic heterocycles. The second kappa shape index (κ2) is 6.66. The van der Waals surface area contributed by atoms with Crippen LogP contribution in [0.2, 0.25) is 0 Å². The van der Waals surface area contributed by atoms with Crippen molar-refractivity contribution >= 4 is 23.7 Å². The number of hydrogen-bond acceptors (Lipinski definition) is 5. The Balaban J connectivity index is 1.60. The highest BCUT2D eigenvalue weighted by Gasteiger charge is 2.40. The fourth-order valence-electron chi connectivity index (χ4n) is 3.12. The standard InChI is InChI=1S/C18H20N2O5/c1-11(2)15(21)19-9-7-12(8-10-19)18(24)25-20-16(22)13-5-3-4-6-14(13)17(20)23/h3-6,11-12H,7-10H2,1-2H3. The van der Waals surface area contributed by atoms with Gasteiger partial charge in [0, 0.05) is 19.0 Å². The van der Waals surface area contributed by atoms with Gasteiger partial charge >= 0.3 is 5.97 Å². The van der Waals surface area contributed by atoms with Crippen LogP contribution in [-0.4, -0.2) is 46.7 Å². The quantitative estimate of drug-likeness (QED) is 0.778. The van der Waals surface area contributed by atoms with E-state index in [2.05, 4.69) is 0 Å². The third kappa shape index (κ3) is 3.14. The van der Waals surface area contributed by atoms with Crippen LogP contribution in [0.15, 0.2) is 24.3 Å². The number of carbonyl (C=O) groups excluding carboxylic acids is 4. The fraction of sp³-hybridized carbons (Fsp3) is 0.444. The van der Waals surface area contributed by atoms with Gasteiger partial charge in [-0.25, -0.2) is 4.79 Å². The summed E-state index contributed by atoms with van der Waals surface area (Å²) in [5.41, 5.74) is 0.468. The number of rotatable bonds is 3. The number of hydrogen-bond donors (Lipinski definition) is 0. The highest BCUT2D eigenvalue weighted by molar-refractivity contribution is 6.20. The van der Waals surface area contributed by atoms with Gasteiger partial charge in [0.05, 0.1) is 17.0 Å². The maximum Gasteiger partial charge on any atom is 0.336 e. The number of amides is 3. The Morgan fingerprint density at radius 1 is 1.04 bits per heavy atom. The van der Waals surface area contributed by atoms with E-state index < -0.39 is 23.7 Å². The zero-order chi connectivity index (χ0) is 18.1. The van der Waals surface area contributed by atoms with Crippen LogP contribution in [0.3, 0.4) is 0 Å². The molecule has 1 aromatic rings. The predicted octanol–water partition coefficient (Wildman–Crippen LogP) is 1.64. The Morgan fingerprint density at radius 2 is 1.56 bits per heavy atom. The first-order chi connectivity index (χ1) is 11.9. The van der Waals surface area contributed by atoms with Gasteiger partial charge in [0.25, 0.3) is 11.8 Å². The van der Waals surface area contributed by atoms with Gasteiger partial charge in [-0.3, -0.25) is 14.4 Å². The minimum Gasteiger partial charge on any atom is -0.342 e. The number of hydroxylamine groups is 2. The van der Waals surface area contributed by atoms with Gasteiger partial charge in [-0.2, -0.15) is 0 Å². The second-order valence-corrected chi connectivity index (χ2v) is 6.61. The van der Waals surface area contributed by atoms with Crippen LogP contribution in [-0.2, 0) is 14.4 Å². The first kappa shape index (κ1) is 17.1. The summed E-state index contributed by atoms with van der Waals surface area (Å²) >= 11 is 0. The van der Waals surface area contributed by atoms with E-state index in [1.54, 1.807) is 17.0 Å². The van der Waals surface area contributed by atoms with Gasteiger partial charge in [0.15, 0.2) is 0 Å². The summed E-state index contributed by atoms with van der Waals surface area (Å²) in [5, 5.41) is 0.540. The first-order valence-electron chi connectivity index (χ1n) is 8.38. The molecule has 0 radical (unpaired) electrons. The third-order valence-corrected chi connectivity index (χ3v) is 4.57. The maximum atomic E-state index is 12.3. The summed E-state index contributed by atoms with van der Waals surface area (Å²) in [4.78, 5) is 55.6. The minimum atomic E-state index is -0.624. The first-order valence-corrected chi connectivity index (χ1v) is 8.38. The zero-order valence-electron chi connectivity index (χ0n) is 14.2. The number of benzene rings is 1. The summed E-state index contributed by atoms with van der Waals surface area (Å²) in [5.74, 6) is -2.30. The average molecular weight is 344 g/mol. The van der Waals surface area contributed by atoms with E-state index in [4.69, 9.17) is 4.84 Å². The number of imide groups is 1. The fourth-order valence-corrected chi connectivity index (χ4v) is 3.12. The minimum absolute atomic E-state index is 0.0622. The molecule has 132 valence electrons. The van der Waals surface area contributed by atoms with Gasteiger partial charge in [-0.1, -0.05) is 31.0 Å². The summed E-state index contributed by atoms with van der Waals surface area (Å²) in [7, 11) is 0. The van der Waals surface area contributed by atoms with E-state index in [1.807, 2.05) is 13.8 Å². The smallest absolute Gasteiger partial charge is 0.336 e. The van der Waals surface area contributed by atoms with Crippen LogP contribution in [0, 0.1) is 11.8 Å². The molecule has 0 unspecified atom stereocenters. The van der Waals surface area contributed by atoms with Crippen molar-refractivity contribution in [3.05, 3.63) is 35.4 Å². The molecule has 0 N–H and O–H groups in total. The van der Waals surface area contributed by atoms with E-state index >= 15 is 0 Å². The topological polar surface area (TPSA) is 84.0 Å². The number of carbonyl (C=O) groups is 4. The van der Waals surface area contributed by atoms with Crippen LogP contribution in [0.4, 0.5) is 0 Å². The van der Waals surface area contributed by atoms with Crippen LogP contribution >= 0.6 is 0 Å². The van der Waals surface area contributed by atoms with E-state index in [-0.39, 0.29) is 23.0 Å². The van der Waals surface area contributed by atoms with Crippen molar-refractivity contribution in [2.24, 2.45) is 11.8 Å². The van der Waals surface area contributed by atoms with E-state index in [9.17, 15) is 19.2 Å². The van der Waals surface area contributed by atoms with Crippen molar-refractivity contribution in [2.75, 3.05) is 13.1 Å². The lowest BCUT2D eigenvalue weighted by Gasteiger charge is -2.32. The Bertz CT molecular complexity index is 700. The van der Waals surface area contributed by atoms with Gasteiger partial charge in [0.2, 0.25) is 5.91 Å². The highest BCUT2D eigenvalue weighted by atomic mass is 16.7. The van der Waals surface area contributed by atoms with Crippen LogP contribution in [0.5, 0.6) is 0 Å². The lowest BCUT2D eigenvalue weighted by molar-refractivity contribution is -0.175. The van der Waals surface area contributed by atoms with Crippen molar-refractivity contribution in [1.82, 2.24) is 9.96 Å². The third-order valence-electron chi connectivity index (χ3n) is 4.57. The van der Waals surface area contributed by atoms with Gasteiger partial charge in [-0.15, -0.1) is 0 Å². The van der Waals surface area contributed by atoms with Crippen LogP contribution < -0.4 is 0 Å². The Morgan fingerprint density at radius 3 is 2.04 bits per heavy atom. The summed E-state index contributed by atoms with van der Waals surface area (Å²) < 4.78 is 0. The van der Waals surface area contributed by atoms with Gasteiger partial charge < -0.3 is 9.74 Å². The molecule has 0 aromatic heterocycles. The van der Waals surface area contributed by atoms with Crippen molar-refractivity contribution < 1.29 is 24.0 Å². The molecule has 0 atom stereocenters. The molecule has 0 aliphatic carbocycles. The Kier molecular flexibility index (Phi) is 4.57.